The lowest BCUT2D eigenvalue weighted by Gasteiger charge is -2.30. The van der Waals surface area contributed by atoms with Crippen molar-refractivity contribution in [3.63, 3.8) is 0 Å². The second-order valence-electron chi connectivity index (χ2n) is 17.3. The number of ether oxygens (including phenoxy) is 4. The number of alkyl carbamates (subject to hydrolysis) is 2. The molecule has 0 bridgehead atoms. The number of rotatable bonds is 11. The predicted octanol–water partition coefficient (Wildman–Crippen LogP) is 7.84. The van der Waals surface area contributed by atoms with Gasteiger partial charge in [0.1, 0.15) is 23.3 Å². The molecule has 0 saturated heterocycles. The van der Waals surface area contributed by atoms with Crippen molar-refractivity contribution < 1.29 is 47.7 Å². The Morgan fingerprint density at radius 1 is 0.500 bits per heavy atom. The highest BCUT2D eigenvalue weighted by Gasteiger charge is 2.37. The van der Waals surface area contributed by atoms with Crippen LogP contribution in [0.1, 0.15) is 104 Å². The molecule has 0 aromatic heterocycles. The van der Waals surface area contributed by atoms with Gasteiger partial charge in [-0.05, 0) is 86.4 Å². The van der Waals surface area contributed by atoms with Crippen molar-refractivity contribution in [2.45, 2.75) is 106 Å². The van der Waals surface area contributed by atoms with Crippen molar-refractivity contribution >= 4 is 46.5 Å². The topological polar surface area (TPSA) is 163 Å². The minimum atomic E-state index is -1.04. The third-order valence-electron chi connectivity index (χ3n) is 7.92. The number of ketones is 2. The minimum Gasteiger partial charge on any atom is -0.456 e. The maximum absolute atomic E-state index is 13.0. The van der Waals surface area contributed by atoms with E-state index >= 15 is 0 Å². The van der Waals surface area contributed by atoms with Crippen LogP contribution in [0.25, 0.3) is 21.9 Å². The summed E-state index contributed by atoms with van der Waals surface area (Å²) in [6.45, 7) is 19.9. The molecule has 2 atom stereocenters. The zero-order chi connectivity index (χ0) is 40.8. The Morgan fingerprint density at radius 3 is 1.30 bits per heavy atom. The molecule has 292 valence electrons. The van der Waals surface area contributed by atoms with Gasteiger partial charge >= 0.3 is 24.1 Å². The van der Waals surface area contributed by atoms with E-state index in [0.29, 0.717) is 11.1 Å². The van der Waals surface area contributed by atoms with E-state index in [1.165, 1.54) is 0 Å². The second kappa shape index (κ2) is 16.8. The summed E-state index contributed by atoms with van der Waals surface area (Å²) in [6.07, 6.45) is -1.52. The Morgan fingerprint density at radius 2 is 0.870 bits per heavy atom. The number of benzene rings is 3. The molecule has 3 aromatic rings. The molecule has 3 aromatic carbocycles. The number of Topliss-reactive ketones (excluding diaryl/α,β-unsaturated/α-hetero) is 2. The van der Waals surface area contributed by atoms with Gasteiger partial charge in [-0.3, -0.25) is 9.59 Å². The lowest BCUT2D eigenvalue weighted by atomic mass is 9.87. The van der Waals surface area contributed by atoms with Gasteiger partial charge in [0.15, 0.2) is 24.8 Å². The molecule has 0 aliphatic carbocycles. The smallest absolute Gasteiger partial charge is 0.408 e. The Bertz CT molecular complexity index is 1870. The molecule has 0 spiro atoms. The van der Waals surface area contributed by atoms with Gasteiger partial charge in [-0.25, -0.2) is 19.2 Å². The van der Waals surface area contributed by atoms with Crippen LogP contribution in [0.2, 0.25) is 0 Å². The average Bonchev–Trinajstić information content (AvgIpc) is 3.04. The van der Waals surface area contributed by atoms with Crippen LogP contribution >= 0.6 is 0 Å². The summed E-state index contributed by atoms with van der Waals surface area (Å²) in [7, 11) is 0. The fourth-order valence-electron chi connectivity index (χ4n) is 5.16. The van der Waals surface area contributed by atoms with Gasteiger partial charge in [0.05, 0.1) is 0 Å². The molecule has 0 aliphatic heterocycles. The highest BCUT2D eigenvalue weighted by atomic mass is 16.6. The molecule has 2 N–H and O–H groups in total. The second-order valence-corrected chi connectivity index (χ2v) is 17.3. The fraction of sp³-hybridized carbons (Fsp3) is 0.476. The Hall–Kier alpha value is -5.26. The molecule has 0 fully saturated rings. The quantitative estimate of drug-likeness (QED) is 0.112. The lowest BCUT2D eigenvalue weighted by Crippen LogP contribution is -2.51. The van der Waals surface area contributed by atoms with Crippen molar-refractivity contribution in [3.05, 3.63) is 71.8 Å². The first-order chi connectivity index (χ1) is 24.7. The third-order valence-corrected chi connectivity index (χ3v) is 7.92. The number of fused-ring (bicyclic) bond motifs is 1. The van der Waals surface area contributed by atoms with Crippen LogP contribution in [-0.4, -0.2) is 72.2 Å². The van der Waals surface area contributed by atoms with Crippen molar-refractivity contribution in [1.82, 2.24) is 10.6 Å². The first kappa shape index (κ1) is 43.1. The minimum absolute atomic E-state index is 0.345. The Kier molecular flexibility index (Phi) is 13.4. The van der Waals surface area contributed by atoms with Crippen molar-refractivity contribution in [3.8, 4) is 11.1 Å². The third kappa shape index (κ3) is 13.0. The van der Waals surface area contributed by atoms with Crippen LogP contribution in [0.3, 0.4) is 0 Å². The standard InChI is InChI=1S/C42H54N2O10/c1-39(2,3)33(43-37(49)53-41(7,8)9)35(47)51-23-31(45)26-15-13-25(14-16-26)27-17-18-29-22-30(20-19-28(29)21-27)32(46)24-52-36(48)34(40(4,5)6)44-38(50)54-42(10,11)12/h13-22,33-34H,23-24H2,1-12H3,(H,43,49)(H,44,50)/t33?,34-/m1/s1. The van der Waals surface area contributed by atoms with E-state index in [2.05, 4.69) is 10.6 Å². The van der Waals surface area contributed by atoms with Gasteiger partial charge in [-0.1, -0.05) is 90.1 Å². The molecule has 0 radical (unpaired) electrons. The summed E-state index contributed by atoms with van der Waals surface area (Å²) in [5.41, 5.74) is -0.513. The van der Waals surface area contributed by atoms with E-state index in [0.717, 1.165) is 21.9 Å². The fourth-order valence-corrected chi connectivity index (χ4v) is 5.16. The van der Waals surface area contributed by atoms with Gasteiger partial charge in [0.25, 0.3) is 0 Å². The summed E-state index contributed by atoms with van der Waals surface area (Å²) in [5.74, 6) is -2.31. The van der Waals surface area contributed by atoms with E-state index in [1.54, 1.807) is 126 Å². The maximum atomic E-state index is 13.0. The largest absolute Gasteiger partial charge is 0.456 e. The van der Waals surface area contributed by atoms with Gasteiger partial charge in [0.2, 0.25) is 0 Å². The number of carbonyl (C=O) groups is 6. The molecule has 3 rings (SSSR count). The molecule has 0 saturated carbocycles. The molecule has 54 heavy (non-hydrogen) atoms. The van der Waals surface area contributed by atoms with Crippen LogP contribution < -0.4 is 10.6 Å². The van der Waals surface area contributed by atoms with Crippen molar-refractivity contribution in [2.75, 3.05) is 13.2 Å². The summed E-state index contributed by atoms with van der Waals surface area (Å²) < 4.78 is 21.2. The number of hydrogen-bond donors (Lipinski definition) is 2. The van der Waals surface area contributed by atoms with E-state index in [-0.39, 0.29) is 0 Å². The molecule has 12 heteroatoms. The molecular weight excluding hydrogens is 692 g/mol. The van der Waals surface area contributed by atoms with E-state index < -0.39 is 83.0 Å². The van der Waals surface area contributed by atoms with Crippen LogP contribution in [0.15, 0.2) is 60.7 Å². The van der Waals surface area contributed by atoms with Gasteiger partial charge < -0.3 is 29.6 Å². The first-order valence-corrected chi connectivity index (χ1v) is 17.8. The molecule has 0 aliphatic rings. The zero-order valence-corrected chi connectivity index (χ0v) is 33.4. The van der Waals surface area contributed by atoms with Gasteiger partial charge in [0, 0.05) is 11.1 Å². The summed E-state index contributed by atoms with van der Waals surface area (Å²) >= 11 is 0. The highest BCUT2D eigenvalue weighted by Crippen LogP contribution is 2.27. The van der Waals surface area contributed by atoms with E-state index in [4.69, 9.17) is 18.9 Å². The van der Waals surface area contributed by atoms with Crippen molar-refractivity contribution in [1.29, 1.82) is 0 Å². The molecule has 1 unspecified atom stereocenters. The number of hydrogen-bond acceptors (Lipinski definition) is 10. The zero-order valence-electron chi connectivity index (χ0n) is 33.4. The predicted molar refractivity (Wildman–Crippen MR) is 205 cm³/mol. The van der Waals surface area contributed by atoms with Crippen LogP contribution in [0.4, 0.5) is 9.59 Å². The molecule has 0 heterocycles. The number of esters is 2. The summed E-state index contributed by atoms with van der Waals surface area (Å²) in [5, 5.41) is 6.76. The first-order valence-electron chi connectivity index (χ1n) is 17.8. The van der Waals surface area contributed by atoms with E-state index in [9.17, 15) is 28.8 Å². The molecule has 12 nitrogen and oxygen atoms in total. The molecule has 2 amide bonds. The normalized spacial score (nSPS) is 13.3. The highest BCUT2D eigenvalue weighted by molar-refractivity contribution is 6.02. The van der Waals surface area contributed by atoms with Crippen LogP contribution in [-0.2, 0) is 28.5 Å². The summed E-state index contributed by atoms with van der Waals surface area (Å²) in [4.78, 5) is 76.5. The Labute approximate surface area is 317 Å². The summed E-state index contributed by atoms with van der Waals surface area (Å²) in [6, 6.07) is 15.6. The number of amides is 2. The van der Waals surface area contributed by atoms with Gasteiger partial charge in [-0.15, -0.1) is 0 Å². The van der Waals surface area contributed by atoms with Crippen LogP contribution in [0, 0.1) is 10.8 Å². The van der Waals surface area contributed by atoms with Gasteiger partial charge in [-0.2, -0.15) is 0 Å². The number of carbonyl (C=O) groups excluding carboxylic acids is 6. The van der Waals surface area contributed by atoms with E-state index in [1.807, 2.05) is 18.2 Å². The maximum Gasteiger partial charge on any atom is 0.408 e. The monoisotopic (exact) mass is 746 g/mol. The molecular formula is C42H54N2O10. The number of nitrogens with one attached hydrogen (secondary N) is 2. The lowest BCUT2D eigenvalue weighted by molar-refractivity contribution is -0.148. The average molecular weight is 747 g/mol. The SMILES string of the molecule is CC(C)(C)OC(=O)NC(C(=O)OCC(=O)c1ccc(-c2ccc3cc(C(=O)COC(=O)[C@@H](NC(=O)OC(C)(C)C)C(C)(C)C)ccc3c2)cc1)C(C)(C)C. The Balaban J connectivity index is 1.63. The van der Waals surface area contributed by atoms with Crippen LogP contribution in [0.5, 0.6) is 0 Å². The van der Waals surface area contributed by atoms with Crippen molar-refractivity contribution in [2.24, 2.45) is 10.8 Å².